The van der Waals surface area contributed by atoms with E-state index in [0.717, 1.165) is 17.7 Å². The smallest absolute Gasteiger partial charge is 0.234 e. The minimum absolute atomic E-state index is 0.0416. The van der Waals surface area contributed by atoms with E-state index in [1.54, 1.807) is 43.5 Å². The van der Waals surface area contributed by atoms with Gasteiger partial charge in [-0.1, -0.05) is 35.9 Å². The number of anilines is 1. The van der Waals surface area contributed by atoms with Crippen LogP contribution in [0.2, 0.25) is 5.02 Å². The number of rotatable bonds is 7. The number of nitrogens with zero attached hydrogens (tertiary/aromatic N) is 1. The van der Waals surface area contributed by atoms with Crippen molar-refractivity contribution in [2.45, 2.75) is 16.5 Å². The number of aromatic nitrogens is 1. The Morgan fingerprint density at radius 1 is 1.03 bits per heavy atom. The molecule has 0 unspecified atom stereocenters. The van der Waals surface area contributed by atoms with E-state index >= 15 is 0 Å². The zero-order chi connectivity index (χ0) is 22.7. The first-order valence-corrected chi connectivity index (χ1v) is 11.4. The van der Waals surface area contributed by atoms with Gasteiger partial charge in [0.05, 0.1) is 22.6 Å². The fourth-order valence-electron chi connectivity index (χ4n) is 3.00. The number of halogens is 2. The van der Waals surface area contributed by atoms with Gasteiger partial charge in [-0.25, -0.2) is 12.8 Å². The molecular weight excluding hydrogens is 455 g/mol. The first-order valence-electron chi connectivity index (χ1n) is 9.51. The molecule has 6 nitrogen and oxygen atoms in total. The van der Waals surface area contributed by atoms with Crippen molar-refractivity contribution in [3.63, 3.8) is 0 Å². The molecule has 0 fully saturated rings. The lowest BCUT2D eigenvalue weighted by Crippen LogP contribution is -2.07. The van der Waals surface area contributed by atoms with Crippen molar-refractivity contribution in [3.8, 4) is 17.2 Å². The third-order valence-electron chi connectivity index (χ3n) is 4.69. The summed E-state index contributed by atoms with van der Waals surface area (Å²) in [5.74, 6) is 0.168. The molecule has 4 aromatic rings. The minimum Gasteiger partial charge on any atom is -0.497 e. The van der Waals surface area contributed by atoms with E-state index < -0.39 is 15.7 Å². The van der Waals surface area contributed by atoms with Crippen LogP contribution in [0.5, 0.6) is 5.75 Å². The Balaban J connectivity index is 1.74. The predicted octanol–water partition coefficient (Wildman–Crippen LogP) is 5.59. The molecule has 0 saturated carbocycles. The number of hydrogen-bond donors (Lipinski definition) is 1. The van der Waals surface area contributed by atoms with Gasteiger partial charge in [0, 0.05) is 6.54 Å². The third-order valence-corrected chi connectivity index (χ3v) is 6.70. The van der Waals surface area contributed by atoms with E-state index in [1.807, 2.05) is 12.1 Å². The number of oxazole rings is 1. The molecule has 3 aromatic carbocycles. The maximum absolute atomic E-state index is 13.3. The number of sulfone groups is 1. The van der Waals surface area contributed by atoms with Crippen molar-refractivity contribution >= 4 is 27.3 Å². The van der Waals surface area contributed by atoms with Crippen LogP contribution in [0.15, 0.2) is 87.1 Å². The van der Waals surface area contributed by atoms with Crippen LogP contribution in [0.4, 0.5) is 10.3 Å². The molecule has 0 aliphatic rings. The number of ether oxygens (including phenoxy) is 1. The highest BCUT2D eigenvalue weighted by Gasteiger charge is 2.29. The summed E-state index contributed by atoms with van der Waals surface area (Å²) in [6, 6.07) is 18.6. The Labute approximate surface area is 189 Å². The largest absolute Gasteiger partial charge is 0.497 e. The van der Waals surface area contributed by atoms with Crippen molar-refractivity contribution in [2.75, 3.05) is 12.4 Å². The van der Waals surface area contributed by atoms with Crippen LogP contribution in [-0.4, -0.2) is 20.5 Å². The summed E-state index contributed by atoms with van der Waals surface area (Å²) < 4.78 is 50.8. The number of benzene rings is 3. The summed E-state index contributed by atoms with van der Waals surface area (Å²) in [6.45, 7) is 0.271. The second-order valence-corrected chi connectivity index (χ2v) is 9.06. The Bertz CT molecular complexity index is 1340. The van der Waals surface area contributed by atoms with Gasteiger partial charge < -0.3 is 14.5 Å². The van der Waals surface area contributed by atoms with Crippen molar-refractivity contribution in [2.24, 2.45) is 0 Å². The lowest BCUT2D eigenvalue weighted by atomic mass is 10.2. The molecule has 0 bridgehead atoms. The van der Waals surface area contributed by atoms with E-state index in [2.05, 4.69) is 10.3 Å². The third kappa shape index (κ3) is 4.46. The molecule has 164 valence electrons. The maximum Gasteiger partial charge on any atom is 0.234 e. The number of methoxy groups -OCH3 is 1. The van der Waals surface area contributed by atoms with Crippen LogP contribution in [0.3, 0.4) is 0 Å². The average Bonchev–Trinajstić information content (AvgIpc) is 3.23. The lowest BCUT2D eigenvalue weighted by molar-refractivity contribution is 0.414. The van der Waals surface area contributed by atoms with Crippen molar-refractivity contribution < 1.29 is 22.0 Å². The number of hydrogen-bond acceptors (Lipinski definition) is 6. The summed E-state index contributed by atoms with van der Waals surface area (Å²) in [5.41, 5.74) is 1.31. The molecule has 0 amide bonds. The molecule has 0 aliphatic heterocycles. The van der Waals surface area contributed by atoms with E-state index in [-0.39, 0.29) is 28.2 Å². The summed E-state index contributed by atoms with van der Waals surface area (Å²) >= 11 is 6.25. The van der Waals surface area contributed by atoms with E-state index in [4.69, 9.17) is 20.8 Å². The summed E-state index contributed by atoms with van der Waals surface area (Å²) in [4.78, 5) is 4.13. The molecule has 0 aliphatic carbocycles. The van der Waals surface area contributed by atoms with Crippen molar-refractivity contribution in [1.82, 2.24) is 4.98 Å². The van der Waals surface area contributed by atoms with Crippen LogP contribution >= 0.6 is 11.6 Å². The molecule has 1 heterocycles. The molecular formula is C23H18ClFN2O4S. The van der Waals surface area contributed by atoms with Crippen LogP contribution < -0.4 is 10.1 Å². The monoisotopic (exact) mass is 472 g/mol. The average molecular weight is 473 g/mol. The second-order valence-electron chi connectivity index (χ2n) is 6.79. The van der Waals surface area contributed by atoms with Gasteiger partial charge in [-0.2, -0.15) is 4.98 Å². The Hall–Kier alpha value is -3.36. The van der Waals surface area contributed by atoms with Gasteiger partial charge in [0.25, 0.3) is 0 Å². The standard InChI is InChI=1S/C23H18ClFN2O4S/c1-30-17-10-6-15(7-11-17)14-26-22-23(32(28,29)18-12-8-16(25)9-13-18)27-21(31-22)19-4-2-3-5-20(19)24/h2-13,26H,14H2,1H3. The van der Waals surface area contributed by atoms with Gasteiger partial charge in [-0.15, -0.1) is 0 Å². The molecule has 1 N–H and O–H groups in total. The van der Waals surface area contributed by atoms with E-state index in [9.17, 15) is 12.8 Å². The van der Waals surface area contributed by atoms with Crippen molar-refractivity contribution in [1.29, 1.82) is 0 Å². The normalized spacial score (nSPS) is 11.3. The fraction of sp³-hybridized carbons (Fsp3) is 0.0870. The Kier molecular flexibility index (Phi) is 6.16. The van der Waals surface area contributed by atoms with Crippen LogP contribution in [-0.2, 0) is 16.4 Å². The highest BCUT2D eigenvalue weighted by Crippen LogP contribution is 2.35. The summed E-state index contributed by atoms with van der Waals surface area (Å²) in [5, 5.41) is 3.05. The maximum atomic E-state index is 13.3. The zero-order valence-electron chi connectivity index (χ0n) is 16.9. The summed E-state index contributed by atoms with van der Waals surface area (Å²) in [7, 11) is -2.52. The Morgan fingerprint density at radius 2 is 1.72 bits per heavy atom. The minimum atomic E-state index is -4.10. The zero-order valence-corrected chi connectivity index (χ0v) is 18.5. The molecule has 9 heteroatoms. The van der Waals surface area contributed by atoms with Crippen LogP contribution in [0.1, 0.15) is 5.56 Å². The quantitative estimate of drug-likeness (QED) is 0.353. The van der Waals surface area contributed by atoms with Crippen LogP contribution in [0.25, 0.3) is 11.5 Å². The van der Waals surface area contributed by atoms with Gasteiger partial charge in [0.1, 0.15) is 11.6 Å². The van der Waals surface area contributed by atoms with Gasteiger partial charge in [-0.3, -0.25) is 0 Å². The van der Waals surface area contributed by atoms with E-state index in [1.165, 1.54) is 12.1 Å². The first-order chi connectivity index (χ1) is 15.4. The SMILES string of the molecule is COc1ccc(CNc2oc(-c3ccccc3Cl)nc2S(=O)(=O)c2ccc(F)cc2)cc1. The molecule has 1 aromatic heterocycles. The topological polar surface area (TPSA) is 81.4 Å². The lowest BCUT2D eigenvalue weighted by Gasteiger charge is -2.07. The highest BCUT2D eigenvalue weighted by molar-refractivity contribution is 7.91. The molecule has 0 saturated heterocycles. The first kappa shape index (κ1) is 21.9. The molecule has 0 radical (unpaired) electrons. The van der Waals surface area contributed by atoms with Crippen molar-refractivity contribution in [3.05, 3.63) is 89.2 Å². The van der Waals surface area contributed by atoms with Crippen LogP contribution in [0, 0.1) is 5.82 Å². The molecule has 0 atom stereocenters. The summed E-state index contributed by atoms with van der Waals surface area (Å²) in [6.07, 6.45) is 0. The number of nitrogens with one attached hydrogen (secondary N) is 1. The molecule has 0 spiro atoms. The van der Waals surface area contributed by atoms with Gasteiger partial charge >= 0.3 is 0 Å². The molecule has 32 heavy (non-hydrogen) atoms. The fourth-order valence-corrected chi connectivity index (χ4v) is 4.50. The second kappa shape index (κ2) is 9.02. The van der Waals surface area contributed by atoms with E-state index in [0.29, 0.717) is 16.3 Å². The molecule has 4 rings (SSSR count). The Morgan fingerprint density at radius 3 is 2.38 bits per heavy atom. The van der Waals surface area contributed by atoms with Gasteiger partial charge in [0.2, 0.25) is 26.6 Å². The van der Waals surface area contributed by atoms with Gasteiger partial charge in [0.15, 0.2) is 0 Å². The van der Waals surface area contributed by atoms with Gasteiger partial charge in [-0.05, 0) is 54.1 Å². The highest BCUT2D eigenvalue weighted by atomic mass is 35.5. The predicted molar refractivity (Wildman–Crippen MR) is 119 cm³/mol.